The summed E-state index contributed by atoms with van der Waals surface area (Å²) in [4.78, 5) is 55.6. The summed E-state index contributed by atoms with van der Waals surface area (Å²) in [5.74, 6) is -1.06. The highest BCUT2D eigenvalue weighted by molar-refractivity contribution is 5.97. The van der Waals surface area contributed by atoms with E-state index in [1.54, 1.807) is 19.2 Å². The first-order chi connectivity index (χ1) is 21.4. The van der Waals surface area contributed by atoms with E-state index in [4.69, 9.17) is 18.9 Å². The number of nitrogens with one attached hydrogen (secondary N) is 3. The van der Waals surface area contributed by atoms with E-state index in [1.807, 2.05) is 47.4 Å². The van der Waals surface area contributed by atoms with E-state index in [-0.39, 0.29) is 37.0 Å². The molecular formula is C32H40N4O8. The Labute approximate surface area is 256 Å². The molecule has 4 atom stereocenters. The van der Waals surface area contributed by atoms with Gasteiger partial charge < -0.3 is 34.9 Å². The normalized spacial score (nSPS) is 20.3. The summed E-state index contributed by atoms with van der Waals surface area (Å²) >= 11 is 0. The maximum Gasteiger partial charge on any atom is 0.243 e. The summed E-state index contributed by atoms with van der Waals surface area (Å²) in [5, 5.41) is 8.64. The molecule has 2 aromatic rings. The SMILES string of the molecule is COc1ccc(C[C@H](NC(=O)[C@@H](NC(=O)CN2CCOCC2)C2COC2)C(=O)N[C@@H](Cc2ccccc2)C(=O)[C@H]2CO2)cc1. The number of Topliss-reactive ketones (excluding diaryl/α,β-unsaturated/α-hetero) is 1. The van der Waals surface area contributed by atoms with Gasteiger partial charge in [-0.05, 0) is 29.7 Å². The third kappa shape index (κ3) is 8.85. The minimum Gasteiger partial charge on any atom is -0.497 e. The zero-order valence-corrected chi connectivity index (χ0v) is 24.9. The lowest BCUT2D eigenvalue weighted by molar-refractivity contribution is -0.139. The van der Waals surface area contributed by atoms with Crippen molar-refractivity contribution >= 4 is 23.5 Å². The molecule has 44 heavy (non-hydrogen) atoms. The van der Waals surface area contributed by atoms with Gasteiger partial charge in [-0.15, -0.1) is 0 Å². The number of hydrogen-bond donors (Lipinski definition) is 3. The molecule has 12 nitrogen and oxygen atoms in total. The first kappa shape index (κ1) is 31.6. The van der Waals surface area contributed by atoms with E-state index in [2.05, 4.69) is 16.0 Å². The molecule has 0 saturated carbocycles. The molecule has 3 aliphatic rings. The molecule has 2 aromatic carbocycles. The van der Waals surface area contributed by atoms with Gasteiger partial charge >= 0.3 is 0 Å². The van der Waals surface area contributed by atoms with E-state index in [0.29, 0.717) is 51.9 Å². The molecule has 3 fully saturated rings. The van der Waals surface area contributed by atoms with Crippen LogP contribution in [0.25, 0.3) is 0 Å². The summed E-state index contributed by atoms with van der Waals surface area (Å²) in [6, 6.07) is 13.8. The van der Waals surface area contributed by atoms with Gasteiger partial charge in [0.05, 0.1) is 52.7 Å². The van der Waals surface area contributed by atoms with Crippen LogP contribution in [-0.4, -0.2) is 112 Å². The number of nitrogens with zero attached hydrogens (tertiary/aromatic N) is 1. The smallest absolute Gasteiger partial charge is 0.243 e. The van der Waals surface area contributed by atoms with Crippen molar-refractivity contribution in [3.63, 3.8) is 0 Å². The largest absolute Gasteiger partial charge is 0.497 e. The lowest BCUT2D eigenvalue weighted by Crippen LogP contribution is -2.61. The second-order valence-electron chi connectivity index (χ2n) is 11.3. The van der Waals surface area contributed by atoms with Gasteiger partial charge in [0, 0.05) is 25.4 Å². The molecular weight excluding hydrogens is 568 g/mol. The van der Waals surface area contributed by atoms with Gasteiger partial charge in [0.2, 0.25) is 17.7 Å². The molecule has 0 aliphatic carbocycles. The molecule has 0 aromatic heterocycles. The number of ketones is 1. The molecule has 5 rings (SSSR count). The van der Waals surface area contributed by atoms with Crippen molar-refractivity contribution < 1.29 is 38.1 Å². The molecule has 3 aliphatic heterocycles. The van der Waals surface area contributed by atoms with Crippen molar-refractivity contribution in [3.05, 3.63) is 65.7 Å². The Kier molecular flexibility index (Phi) is 10.9. The minimum absolute atomic E-state index is 0.142. The van der Waals surface area contributed by atoms with E-state index in [9.17, 15) is 19.2 Å². The molecule has 0 spiro atoms. The average Bonchev–Trinajstić information content (AvgIpc) is 3.86. The first-order valence-electron chi connectivity index (χ1n) is 15.0. The second-order valence-corrected chi connectivity index (χ2v) is 11.3. The highest BCUT2D eigenvalue weighted by Crippen LogP contribution is 2.18. The van der Waals surface area contributed by atoms with E-state index in [1.165, 1.54) is 0 Å². The number of carbonyl (C=O) groups is 4. The number of epoxide rings is 1. The summed E-state index contributed by atoms with van der Waals surface area (Å²) in [5.41, 5.74) is 1.66. The van der Waals surface area contributed by atoms with Crippen LogP contribution in [0.15, 0.2) is 54.6 Å². The third-order valence-electron chi connectivity index (χ3n) is 8.03. The van der Waals surface area contributed by atoms with E-state index < -0.39 is 36.0 Å². The second kappa shape index (κ2) is 15.2. The number of carbonyl (C=O) groups excluding carboxylic acids is 4. The highest BCUT2D eigenvalue weighted by atomic mass is 16.6. The van der Waals surface area contributed by atoms with Crippen LogP contribution >= 0.6 is 0 Å². The van der Waals surface area contributed by atoms with Crippen LogP contribution in [0.5, 0.6) is 5.75 Å². The van der Waals surface area contributed by atoms with Gasteiger partial charge in [-0.1, -0.05) is 42.5 Å². The predicted octanol–water partition coefficient (Wildman–Crippen LogP) is -0.119. The maximum atomic E-state index is 13.8. The Morgan fingerprint density at radius 1 is 0.818 bits per heavy atom. The van der Waals surface area contributed by atoms with Crippen LogP contribution in [0, 0.1) is 5.92 Å². The van der Waals surface area contributed by atoms with Crippen LogP contribution in [0.2, 0.25) is 0 Å². The van der Waals surface area contributed by atoms with E-state index >= 15 is 0 Å². The fraction of sp³-hybridized carbons (Fsp3) is 0.500. The molecule has 0 radical (unpaired) electrons. The maximum absolute atomic E-state index is 13.8. The highest BCUT2D eigenvalue weighted by Gasteiger charge is 2.40. The summed E-state index contributed by atoms with van der Waals surface area (Å²) in [6.07, 6.45) is -0.111. The Morgan fingerprint density at radius 2 is 1.45 bits per heavy atom. The quantitative estimate of drug-likeness (QED) is 0.236. The van der Waals surface area contributed by atoms with Crippen molar-refractivity contribution in [2.24, 2.45) is 5.92 Å². The zero-order chi connectivity index (χ0) is 30.9. The van der Waals surface area contributed by atoms with Crippen LogP contribution in [-0.2, 0) is 46.2 Å². The molecule has 12 heteroatoms. The minimum atomic E-state index is -1.03. The first-order valence-corrected chi connectivity index (χ1v) is 15.0. The monoisotopic (exact) mass is 608 g/mol. The summed E-state index contributed by atoms with van der Waals surface area (Å²) in [6.45, 7) is 3.48. The van der Waals surface area contributed by atoms with Crippen LogP contribution < -0.4 is 20.7 Å². The van der Waals surface area contributed by atoms with Crippen LogP contribution in [0.4, 0.5) is 0 Å². The molecule has 3 amide bonds. The fourth-order valence-corrected chi connectivity index (χ4v) is 5.28. The average molecular weight is 609 g/mol. The van der Waals surface area contributed by atoms with Crippen LogP contribution in [0.3, 0.4) is 0 Å². The van der Waals surface area contributed by atoms with Crippen molar-refractivity contribution in [3.8, 4) is 5.75 Å². The summed E-state index contributed by atoms with van der Waals surface area (Å²) in [7, 11) is 1.57. The molecule has 3 heterocycles. The number of hydrogen-bond acceptors (Lipinski definition) is 9. The van der Waals surface area contributed by atoms with Gasteiger partial charge in [0.1, 0.15) is 23.9 Å². The third-order valence-corrected chi connectivity index (χ3v) is 8.03. The molecule has 3 N–H and O–H groups in total. The number of amides is 3. The lowest BCUT2D eigenvalue weighted by Gasteiger charge is -2.35. The lowest BCUT2D eigenvalue weighted by atomic mass is 9.95. The molecule has 0 unspecified atom stereocenters. The molecule has 0 bridgehead atoms. The Morgan fingerprint density at radius 3 is 2.07 bits per heavy atom. The number of morpholine rings is 1. The topological polar surface area (TPSA) is 148 Å². The zero-order valence-electron chi connectivity index (χ0n) is 24.9. The van der Waals surface area contributed by atoms with Crippen molar-refractivity contribution in [2.45, 2.75) is 37.1 Å². The Hall–Kier alpha value is -3.84. The van der Waals surface area contributed by atoms with E-state index in [0.717, 1.165) is 11.1 Å². The van der Waals surface area contributed by atoms with Gasteiger partial charge in [-0.2, -0.15) is 0 Å². The number of methoxy groups -OCH3 is 1. The molecule has 236 valence electrons. The number of rotatable bonds is 15. The Bertz CT molecular complexity index is 1280. The number of benzene rings is 2. The van der Waals surface area contributed by atoms with Gasteiger partial charge in [0.25, 0.3) is 0 Å². The summed E-state index contributed by atoms with van der Waals surface area (Å²) < 4.78 is 21.2. The van der Waals surface area contributed by atoms with Gasteiger partial charge in [0.15, 0.2) is 5.78 Å². The molecule has 3 saturated heterocycles. The van der Waals surface area contributed by atoms with Crippen LogP contribution in [0.1, 0.15) is 11.1 Å². The van der Waals surface area contributed by atoms with Gasteiger partial charge in [-0.3, -0.25) is 24.1 Å². The van der Waals surface area contributed by atoms with Crippen molar-refractivity contribution in [1.82, 2.24) is 20.9 Å². The predicted molar refractivity (Wildman–Crippen MR) is 159 cm³/mol. The standard InChI is InChI=1S/C32H40N4O8/c1-41-24-9-7-22(8-10-24)16-26(31(39)33-25(30(38)27-20-44-27)15-21-5-3-2-4-6-21)34-32(40)29(23-18-43-19-23)35-28(37)17-36-11-13-42-14-12-36/h2-10,23,25-27,29H,11-20H2,1H3,(H,33,39)(H,34,40)(H,35,37)/t25-,26-,27+,29-/m0/s1. The van der Waals surface area contributed by atoms with Crippen molar-refractivity contribution in [2.75, 3.05) is 59.8 Å². The number of ether oxygens (including phenoxy) is 4. The van der Waals surface area contributed by atoms with Gasteiger partial charge in [-0.25, -0.2) is 0 Å². The fourth-order valence-electron chi connectivity index (χ4n) is 5.28. The Balaban J connectivity index is 1.31. The van der Waals surface area contributed by atoms with Crippen molar-refractivity contribution in [1.29, 1.82) is 0 Å².